The average molecular weight is 334 g/mol. The van der Waals surface area contributed by atoms with Gasteiger partial charge in [0.05, 0.1) is 5.69 Å². The fourth-order valence-corrected chi connectivity index (χ4v) is 4.16. The molecule has 1 aliphatic carbocycles. The van der Waals surface area contributed by atoms with Crippen LogP contribution in [-0.4, -0.2) is 33.6 Å². The summed E-state index contributed by atoms with van der Waals surface area (Å²) < 4.78 is 0. The molecule has 0 atom stereocenters. The van der Waals surface area contributed by atoms with Gasteiger partial charge in [0.1, 0.15) is 12.5 Å². The van der Waals surface area contributed by atoms with Crippen molar-refractivity contribution in [1.82, 2.24) is 9.88 Å². The third-order valence-electron chi connectivity index (χ3n) is 4.54. The standard InChI is InChI=1S/C16H22N4O2S/c1-15(2)6-7-16(3,4)12-11(15)19-13(23-12)18-10-5-8-20(9-17-10)14(21)22/h5,8H,6-7,9H2,1-4H3,(H,21,22)(H,17,18,19). The van der Waals surface area contributed by atoms with Gasteiger partial charge >= 0.3 is 6.09 Å². The van der Waals surface area contributed by atoms with Crippen molar-refractivity contribution in [2.75, 3.05) is 12.0 Å². The van der Waals surface area contributed by atoms with E-state index in [1.807, 2.05) is 0 Å². The van der Waals surface area contributed by atoms with Crippen LogP contribution < -0.4 is 5.32 Å². The van der Waals surface area contributed by atoms with Crippen LogP contribution in [0.25, 0.3) is 0 Å². The molecule has 6 nitrogen and oxygen atoms in total. The van der Waals surface area contributed by atoms with Crippen LogP contribution in [-0.2, 0) is 10.8 Å². The number of anilines is 1. The third kappa shape index (κ3) is 2.97. The lowest BCUT2D eigenvalue weighted by Crippen LogP contribution is -2.32. The molecule has 1 amide bonds. The Balaban J connectivity index is 1.83. The number of fused-ring (bicyclic) bond motifs is 1. The molecule has 0 saturated carbocycles. The van der Waals surface area contributed by atoms with Crippen molar-refractivity contribution in [3.05, 3.63) is 22.8 Å². The highest BCUT2D eigenvalue weighted by molar-refractivity contribution is 7.16. The smallest absolute Gasteiger partial charge is 0.412 e. The maximum absolute atomic E-state index is 10.9. The monoisotopic (exact) mass is 334 g/mol. The van der Waals surface area contributed by atoms with E-state index in [1.54, 1.807) is 17.4 Å². The number of thiazole rings is 1. The third-order valence-corrected chi connectivity index (χ3v) is 5.88. The Morgan fingerprint density at radius 2 is 2.00 bits per heavy atom. The van der Waals surface area contributed by atoms with Gasteiger partial charge in [-0.2, -0.15) is 0 Å². The van der Waals surface area contributed by atoms with E-state index >= 15 is 0 Å². The number of amidine groups is 1. The van der Waals surface area contributed by atoms with Crippen molar-refractivity contribution < 1.29 is 9.90 Å². The molecule has 0 fully saturated rings. The minimum atomic E-state index is -1.00. The predicted molar refractivity (Wildman–Crippen MR) is 92.3 cm³/mol. The number of aliphatic imine (C=N–C) groups is 1. The molecule has 1 aliphatic heterocycles. The zero-order valence-electron chi connectivity index (χ0n) is 13.9. The molecular formula is C16H22N4O2S. The number of carboxylic acid groups (broad SMARTS) is 1. The Labute approximate surface area is 139 Å². The van der Waals surface area contributed by atoms with Gasteiger partial charge in [-0.25, -0.2) is 14.8 Å². The summed E-state index contributed by atoms with van der Waals surface area (Å²) in [5.41, 5.74) is 1.41. The summed E-state index contributed by atoms with van der Waals surface area (Å²) in [6.07, 6.45) is 4.46. The summed E-state index contributed by atoms with van der Waals surface area (Å²) in [5.74, 6) is 0.643. The predicted octanol–water partition coefficient (Wildman–Crippen LogP) is 3.77. The van der Waals surface area contributed by atoms with Crippen LogP contribution in [0.4, 0.5) is 9.93 Å². The molecule has 2 N–H and O–H groups in total. The Morgan fingerprint density at radius 1 is 1.30 bits per heavy atom. The van der Waals surface area contributed by atoms with Crippen molar-refractivity contribution >= 4 is 28.4 Å². The summed E-state index contributed by atoms with van der Waals surface area (Å²) in [6, 6.07) is 0. The van der Waals surface area contributed by atoms with Crippen LogP contribution in [0.5, 0.6) is 0 Å². The van der Waals surface area contributed by atoms with Gasteiger partial charge in [0.25, 0.3) is 0 Å². The number of rotatable bonds is 1. The molecular weight excluding hydrogens is 312 g/mol. The van der Waals surface area contributed by atoms with E-state index in [2.05, 4.69) is 38.0 Å². The topological polar surface area (TPSA) is 77.8 Å². The van der Waals surface area contributed by atoms with Crippen LogP contribution in [0, 0.1) is 0 Å². The van der Waals surface area contributed by atoms with Crippen molar-refractivity contribution in [2.45, 2.75) is 51.4 Å². The first kappa shape index (κ1) is 16.0. The number of carbonyl (C=O) groups is 1. The number of hydrogen-bond acceptors (Lipinski definition) is 5. The highest BCUT2D eigenvalue weighted by atomic mass is 32.1. The lowest BCUT2D eigenvalue weighted by Gasteiger charge is -2.37. The normalized spacial score (nSPS) is 21.6. The Morgan fingerprint density at radius 3 is 2.57 bits per heavy atom. The highest BCUT2D eigenvalue weighted by Gasteiger charge is 2.40. The quantitative estimate of drug-likeness (QED) is 0.819. The lowest BCUT2D eigenvalue weighted by molar-refractivity contribution is 0.163. The molecule has 3 rings (SSSR count). The fourth-order valence-electron chi connectivity index (χ4n) is 2.88. The largest absolute Gasteiger partial charge is 0.465 e. The molecule has 124 valence electrons. The van der Waals surface area contributed by atoms with Gasteiger partial charge in [-0.3, -0.25) is 4.90 Å². The number of nitrogens with zero attached hydrogens (tertiary/aromatic N) is 3. The number of nitrogens with one attached hydrogen (secondary N) is 1. The molecule has 7 heteroatoms. The fraction of sp³-hybridized carbons (Fsp3) is 0.562. The molecule has 0 aromatic carbocycles. The van der Waals surface area contributed by atoms with E-state index in [0.29, 0.717) is 5.84 Å². The molecule has 23 heavy (non-hydrogen) atoms. The lowest BCUT2D eigenvalue weighted by atomic mass is 9.69. The van der Waals surface area contributed by atoms with Crippen LogP contribution in [0.2, 0.25) is 0 Å². The number of aromatic nitrogens is 1. The summed E-state index contributed by atoms with van der Waals surface area (Å²) in [4.78, 5) is 22.4. The van der Waals surface area contributed by atoms with Gasteiger partial charge in [0.2, 0.25) is 0 Å². The summed E-state index contributed by atoms with van der Waals surface area (Å²) in [6.45, 7) is 9.13. The van der Waals surface area contributed by atoms with Crippen LogP contribution in [0.3, 0.4) is 0 Å². The minimum Gasteiger partial charge on any atom is -0.465 e. The molecule has 2 aliphatic rings. The summed E-state index contributed by atoms with van der Waals surface area (Å²) in [5, 5.41) is 13.0. The van der Waals surface area contributed by atoms with Gasteiger partial charge in [-0.1, -0.05) is 27.7 Å². The van der Waals surface area contributed by atoms with E-state index < -0.39 is 6.09 Å². The maximum Gasteiger partial charge on any atom is 0.412 e. The van der Waals surface area contributed by atoms with Crippen molar-refractivity contribution in [1.29, 1.82) is 0 Å². The molecule has 0 saturated heterocycles. The first-order valence-corrected chi connectivity index (χ1v) is 8.52. The van der Waals surface area contributed by atoms with E-state index in [-0.39, 0.29) is 17.5 Å². The first-order chi connectivity index (χ1) is 10.7. The highest BCUT2D eigenvalue weighted by Crippen LogP contribution is 2.48. The maximum atomic E-state index is 10.9. The second kappa shape index (κ2) is 5.33. The van der Waals surface area contributed by atoms with Crippen LogP contribution in [0.15, 0.2) is 17.3 Å². The molecule has 0 radical (unpaired) electrons. The average Bonchev–Trinajstić information content (AvgIpc) is 2.91. The summed E-state index contributed by atoms with van der Waals surface area (Å²) in [7, 11) is 0. The molecule has 2 heterocycles. The van der Waals surface area contributed by atoms with Gasteiger partial charge in [-0.05, 0) is 18.9 Å². The zero-order valence-corrected chi connectivity index (χ0v) is 14.7. The molecule has 1 aromatic rings. The molecule has 0 unspecified atom stereocenters. The van der Waals surface area contributed by atoms with E-state index in [9.17, 15) is 4.79 Å². The zero-order chi connectivity index (χ0) is 16.8. The summed E-state index contributed by atoms with van der Waals surface area (Å²) >= 11 is 1.68. The Bertz CT molecular complexity index is 669. The van der Waals surface area contributed by atoms with Crippen molar-refractivity contribution in [2.24, 2.45) is 4.99 Å². The van der Waals surface area contributed by atoms with Gasteiger partial charge in [0, 0.05) is 21.9 Å². The van der Waals surface area contributed by atoms with E-state index in [4.69, 9.17) is 10.1 Å². The first-order valence-electron chi connectivity index (χ1n) is 7.70. The second-order valence-electron chi connectivity index (χ2n) is 7.34. The van der Waals surface area contributed by atoms with E-state index in [1.165, 1.54) is 16.8 Å². The van der Waals surface area contributed by atoms with Crippen molar-refractivity contribution in [3.63, 3.8) is 0 Å². The number of amides is 1. The Kier molecular flexibility index (Phi) is 3.71. The van der Waals surface area contributed by atoms with Crippen molar-refractivity contribution in [3.8, 4) is 0 Å². The van der Waals surface area contributed by atoms with E-state index in [0.717, 1.165) is 22.9 Å². The molecule has 0 bridgehead atoms. The van der Waals surface area contributed by atoms with Crippen LogP contribution >= 0.6 is 11.3 Å². The Hall–Kier alpha value is -1.89. The van der Waals surface area contributed by atoms with Crippen LogP contribution in [0.1, 0.15) is 51.1 Å². The molecule has 1 aromatic heterocycles. The second-order valence-corrected chi connectivity index (χ2v) is 8.34. The SMILES string of the molecule is CC1(C)CCC(C)(C)c2sc(NC3=NCN(C(=O)O)C=C3)nc21. The van der Waals surface area contributed by atoms with Gasteiger partial charge in [-0.15, -0.1) is 11.3 Å². The van der Waals surface area contributed by atoms with Gasteiger partial charge in [0.15, 0.2) is 5.13 Å². The van der Waals surface area contributed by atoms with Gasteiger partial charge < -0.3 is 10.4 Å². The minimum absolute atomic E-state index is 0.0889. The number of hydrogen-bond donors (Lipinski definition) is 2. The molecule has 0 spiro atoms.